The van der Waals surface area contributed by atoms with Gasteiger partial charge >= 0.3 is 0 Å². The molecule has 0 bridgehead atoms. The fourth-order valence-electron chi connectivity index (χ4n) is 1.30. The molecule has 0 aliphatic heterocycles. The molecule has 15 heavy (non-hydrogen) atoms. The fourth-order valence-corrected chi connectivity index (χ4v) is 1.65. The molecule has 0 spiro atoms. The third-order valence-electron chi connectivity index (χ3n) is 2.44. The zero-order valence-electron chi connectivity index (χ0n) is 9.56. The third kappa shape index (κ3) is 3.76. The van der Waals surface area contributed by atoms with Gasteiger partial charge in [-0.2, -0.15) is 0 Å². The van der Waals surface area contributed by atoms with Crippen LogP contribution in [0.5, 0.6) is 0 Å². The fraction of sp³-hybridized carbons (Fsp3) is 0.700. The Kier molecular flexibility index (Phi) is 4.98. The van der Waals surface area contributed by atoms with E-state index in [2.05, 4.69) is 21.8 Å². The quantitative estimate of drug-likeness (QED) is 0.783. The summed E-state index contributed by atoms with van der Waals surface area (Å²) < 4.78 is 13.2. The molecule has 0 aliphatic rings. The number of aromatic nitrogens is 2. The van der Waals surface area contributed by atoms with Crippen LogP contribution in [0.4, 0.5) is 0 Å². The van der Waals surface area contributed by atoms with Gasteiger partial charge in [-0.1, -0.05) is 0 Å². The van der Waals surface area contributed by atoms with Crippen LogP contribution < -0.4 is 5.32 Å². The van der Waals surface area contributed by atoms with Gasteiger partial charge in [-0.05, 0) is 13.8 Å². The van der Waals surface area contributed by atoms with E-state index >= 15 is 0 Å². The Morgan fingerprint density at radius 2 is 2.40 bits per heavy atom. The topological polar surface area (TPSA) is 46.9 Å². The van der Waals surface area contributed by atoms with Gasteiger partial charge in [-0.25, -0.2) is 4.98 Å². The summed E-state index contributed by atoms with van der Waals surface area (Å²) >= 11 is 0. The minimum absolute atomic E-state index is 0.197. The van der Waals surface area contributed by atoms with E-state index < -0.39 is 10.8 Å². The summed E-state index contributed by atoms with van der Waals surface area (Å²) in [6.45, 7) is 6.58. The maximum absolute atomic E-state index is 11.1. The average molecular weight is 229 g/mol. The van der Waals surface area contributed by atoms with Crippen LogP contribution in [0, 0.1) is 0 Å². The summed E-state index contributed by atoms with van der Waals surface area (Å²) in [6.07, 6.45) is 5.44. The zero-order chi connectivity index (χ0) is 11.3. The predicted molar refractivity (Wildman–Crippen MR) is 63.1 cm³/mol. The lowest BCUT2D eigenvalue weighted by Crippen LogP contribution is -2.27. The molecule has 0 amide bonds. The van der Waals surface area contributed by atoms with Crippen LogP contribution in [0.25, 0.3) is 0 Å². The number of nitrogens with zero attached hydrogens (tertiary/aromatic N) is 2. The number of rotatable bonds is 6. The molecule has 2 unspecified atom stereocenters. The van der Waals surface area contributed by atoms with E-state index in [1.54, 1.807) is 6.26 Å². The largest absolute Gasteiger partial charge is 0.334 e. The van der Waals surface area contributed by atoms with E-state index in [0.717, 1.165) is 19.6 Å². The lowest BCUT2D eigenvalue weighted by molar-refractivity contribution is 0.616. The number of aryl methyl sites for hydroxylation is 1. The monoisotopic (exact) mass is 229 g/mol. The van der Waals surface area contributed by atoms with E-state index in [4.69, 9.17) is 0 Å². The first kappa shape index (κ1) is 12.4. The van der Waals surface area contributed by atoms with Gasteiger partial charge < -0.3 is 9.88 Å². The number of hydrogen-bond donors (Lipinski definition) is 1. The highest BCUT2D eigenvalue weighted by molar-refractivity contribution is 7.84. The molecule has 1 rings (SSSR count). The highest BCUT2D eigenvalue weighted by Crippen LogP contribution is 1.98. The summed E-state index contributed by atoms with van der Waals surface area (Å²) in [5.41, 5.74) is 1.17. The molecular formula is C10H19N3OS. The Morgan fingerprint density at radius 3 is 3.00 bits per heavy atom. The van der Waals surface area contributed by atoms with Gasteiger partial charge in [0.25, 0.3) is 0 Å². The normalized spacial score (nSPS) is 15.1. The average Bonchev–Trinajstić information content (AvgIpc) is 2.65. The van der Waals surface area contributed by atoms with Gasteiger partial charge in [-0.3, -0.25) is 4.21 Å². The van der Waals surface area contributed by atoms with E-state index in [1.807, 2.05) is 19.4 Å². The molecule has 86 valence electrons. The number of nitrogens with one attached hydrogen (secondary N) is 1. The maximum atomic E-state index is 11.1. The molecule has 0 saturated carbocycles. The van der Waals surface area contributed by atoms with Gasteiger partial charge in [0.15, 0.2) is 0 Å². The van der Waals surface area contributed by atoms with Crippen LogP contribution in [0.15, 0.2) is 12.5 Å². The molecule has 0 aromatic carbocycles. The van der Waals surface area contributed by atoms with Crippen LogP contribution in [0.3, 0.4) is 0 Å². The molecule has 0 fully saturated rings. The Labute approximate surface area is 93.5 Å². The minimum atomic E-state index is -0.751. The highest BCUT2D eigenvalue weighted by atomic mass is 32.2. The lowest BCUT2D eigenvalue weighted by Gasteiger charge is -2.10. The first-order valence-electron chi connectivity index (χ1n) is 5.17. The van der Waals surface area contributed by atoms with Gasteiger partial charge in [0.05, 0.1) is 12.0 Å². The van der Waals surface area contributed by atoms with Crippen molar-refractivity contribution >= 4 is 10.8 Å². The standard InChI is InChI=1S/C10H19N3OS/c1-4-13-8-12-7-10(13)6-11-5-9(2)15(3)14/h7-9,11H,4-6H2,1-3H3. The predicted octanol–water partition coefficient (Wildman–Crippen LogP) is 0.760. The van der Waals surface area contributed by atoms with Gasteiger partial charge in [0, 0.05) is 48.1 Å². The van der Waals surface area contributed by atoms with Crippen LogP contribution >= 0.6 is 0 Å². The molecule has 5 heteroatoms. The van der Waals surface area contributed by atoms with Crippen molar-refractivity contribution in [3.8, 4) is 0 Å². The van der Waals surface area contributed by atoms with Crippen molar-refractivity contribution < 1.29 is 4.21 Å². The summed E-state index contributed by atoms with van der Waals surface area (Å²) in [5.74, 6) is 0. The minimum Gasteiger partial charge on any atom is -0.334 e. The SMILES string of the molecule is CCn1cncc1CNCC(C)S(C)=O. The first-order valence-corrected chi connectivity index (χ1v) is 6.79. The first-order chi connectivity index (χ1) is 7.15. The summed E-state index contributed by atoms with van der Waals surface area (Å²) in [7, 11) is -0.751. The van der Waals surface area contributed by atoms with Crippen LogP contribution in [0.1, 0.15) is 19.5 Å². The van der Waals surface area contributed by atoms with Gasteiger partial charge in [-0.15, -0.1) is 0 Å². The highest BCUT2D eigenvalue weighted by Gasteiger charge is 2.06. The van der Waals surface area contributed by atoms with E-state index in [0.29, 0.717) is 0 Å². The Bertz CT molecular complexity index is 324. The van der Waals surface area contributed by atoms with Crippen LogP contribution in [-0.4, -0.2) is 31.8 Å². The van der Waals surface area contributed by atoms with E-state index in [-0.39, 0.29) is 5.25 Å². The second kappa shape index (κ2) is 6.02. The Balaban J connectivity index is 2.34. The van der Waals surface area contributed by atoms with E-state index in [9.17, 15) is 4.21 Å². The van der Waals surface area contributed by atoms with Crippen molar-refractivity contribution in [3.63, 3.8) is 0 Å². The maximum Gasteiger partial charge on any atom is 0.0948 e. The lowest BCUT2D eigenvalue weighted by atomic mass is 10.4. The Morgan fingerprint density at radius 1 is 1.67 bits per heavy atom. The van der Waals surface area contributed by atoms with Gasteiger partial charge in [0.1, 0.15) is 0 Å². The molecule has 4 nitrogen and oxygen atoms in total. The molecule has 0 radical (unpaired) electrons. The van der Waals surface area contributed by atoms with Crippen molar-refractivity contribution in [1.82, 2.24) is 14.9 Å². The molecule has 1 aromatic heterocycles. The second-order valence-corrected chi connectivity index (χ2v) is 5.41. The molecule has 1 heterocycles. The van der Waals surface area contributed by atoms with Crippen molar-refractivity contribution in [3.05, 3.63) is 18.2 Å². The zero-order valence-corrected chi connectivity index (χ0v) is 10.4. The molecule has 0 saturated heterocycles. The summed E-state index contributed by atoms with van der Waals surface area (Å²) in [5, 5.41) is 3.49. The van der Waals surface area contributed by atoms with Crippen molar-refractivity contribution in [1.29, 1.82) is 0 Å². The molecule has 1 N–H and O–H groups in total. The van der Waals surface area contributed by atoms with Crippen molar-refractivity contribution in [2.24, 2.45) is 0 Å². The van der Waals surface area contributed by atoms with Crippen LogP contribution in [-0.2, 0) is 23.9 Å². The third-order valence-corrected chi connectivity index (χ3v) is 3.74. The van der Waals surface area contributed by atoms with Crippen molar-refractivity contribution in [2.45, 2.75) is 32.2 Å². The molecule has 1 aromatic rings. The molecule has 0 aliphatic carbocycles. The van der Waals surface area contributed by atoms with Crippen molar-refractivity contribution in [2.75, 3.05) is 12.8 Å². The van der Waals surface area contributed by atoms with Gasteiger partial charge in [0.2, 0.25) is 0 Å². The second-order valence-electron chi connectivity index (χ2n) is 3.61. The summed E-state index contributed by atoms with van der Waals surface area (Å²) in [4.78, 5) is 4.09. The van der Waals surface area contributed by atoms with E-state index in [1.165, 1.54) is 5.69 Å². The van der Waals surface area contributed by atoms with Crippen LogP contribution in [0.2, 0.25) is 0 Å². The molecule has 2 atom stereocenters. The Hall–Kier alpha value is -0.680. The summed E-state index contributed by atoms with van der Waals surface area (Å²) in [6, 6.07) is 0. The molecular weight excluding hydrogens is 210 g/mol. The smallest absolute Gasteiger partial charge is 0.0948 e. The number of hydrogen-bond acceptors (Lipinski definition) is 3. The number of imidazole rings is 1.